The Morgan fingerprint density at radius 1 is 1.56 bits per heavy atom. The first-order valence-electron chi connectivity index (χ1n) is 3.03. The second-order valence-electron chi connectivity index (χ2n) is 2.05. The molecule has 0 N–H and O–H groups in total. The minimum atomic E-state index is -2.58. The molecule has 0 rings (SSSR count). The average Bonchev–Trinajstić information content (AvgIpc) is 1.64. The molecule has 0 nitrogen and oxygen atoms in total. The van der Waals surface area contributed by atoms with Crippen LogP contribution in [0.15, 0.2) is 6.08 Å². The smallest absolute Gasteiger partial charge is 0.207 e. The molecule has 0 aliphatic heterocycles. The van der Waals surface area contributed by atoms with Gasteiger partial charge in [-0.1, -0.05) is 26.0 Å². The lowest BCUT2D eigenvalue weighted by atomic mass is 10.1. The molecule has 0 aromatic rings. The molecule has 2 heteroatoms. The van der Waals surface area contributed by atoms with Crippen molar-refractivity contribution in [3.8, 4) is 0 Å². The molecule has 0 aromatic heterocycles. The third kappa shape index (κ3) is 4.13. The van der Waals surface area contributed by atoms with Crippen LogP contribution in [-0.4, -0.2) is 5.92 Å². The number of halogens is 2. The third-order valence-electron chi connectivity index (χ3n) is 1.03. The van der Waals surface area contributed by atoms with Gasteiger partial charge in [0.25, 0.3) is 5.92 Å². The second-order valence-corrected chi connectivity index (χ2v) is 2.05. The van der Waals surface area contributed by atoms with E-state index in [0.29, 0.717) is 6.42 Å². The summed E-state index contributed by atoms with van der Waals surface area (Å²) in [5, 5.41) is 0. The van der Waals surface area contributed by atoms with E-state index in [4.69, 9.17) is 6.58 Å². The fourth-order valence-corrected chi connectivity index (χ4v) is 0.640. The largest absolute Gasteiger partial charge is 0.251 e. The van der Waals surface area contributed by atoms with E-state index in [1.807, 2.05) is 0 Å². The monoisotopic (exact) mass is 133 g/mol. The molecule has 0 aliphatic carbocycles. The molecule has 0 heterocycles. The Labute approximate surface area is 54.6 Å². The van der Waals surface area contributed by atoms with Gasteiger partial charge in [-0.25, -0.2) is 8.78 Å². The van der Waals surface area contributed by atoms with Gasteiger partial charge in [0.1, 0.15) is 0 Å². The van der Waals surface area contributed by atoms with E-state index in [1.165, 1.54) is 0 Å². The van der Waals surface area contributed by atoms with E-state index in [9.17, 15) is 8.78 Å². The normalized spacial score (nSPS) is 11.4. The lowest BCUT2D eigenvalue weighted by Crippen LogP contribution is -2.13. The van der Waals surface area contributed by atoms with Crippen molar-refractivity contribution >= 4 is 0 Å². The van der Waals surface area contributed by atoms with Gasteiger partial charge in [0.2, 0.25) is 0 Å². The van der Waals surface area contributed by atoms with Crippen LogP contribution in [0.2, 0.25) is 0 Å². The molecule has 0 amide bonds. The van der Waals surface area contributed by atoms with E-state index in [-0.39, 0.29) is 12.8 Å². The SMILES string of the molecule is [CH]=CCC(F)(F)CCC. The highest BCUT2D eigenvalue weighted by Crippen LogP contribution is 2.23. The van der Waals surface area contributed by atoms with Gasteiger partial charge in [-0.2, -0.15) is 0 Å². The fourth-order valence-electron chi connectivity index (χ4n) is 0.640. The van der Waals surface area contributed by atoms with Crippen molar-refractivity contribution in [2.24, 2.45) is 0 Å². The van der Waals surface area contributed by atoms with Crippen LogP contribution < -0.4 is 0 Å². The molecule has 0 saturated carbocycles. The Hall–Kier alpha value is -0.400. The number of hydrogen-bond donors (Lipinski definition) is 0. The number of rotatable bonds is 4. The molecule has 0 fully saturated rings. The van der Waals surface area contributed by atoms with E-state index in [1.54, 1.807) is 6.92 Å². The summed E-state index contributed by atoms with van der Waals surface area (Å²) in [5.41, 5.74) is 0. The fraction of sp³-hybridized carbons (Fsp3) is 0.714. The standard InChI is InChI=1S/C7H11F2/c1-3-5-7(8,9)6-4-2/h1,3H,4-6H2,2H3. The van der Waals surface area contributed by atoms with Crippen LogP contribution in [0.5, 0.6) is 0 Å². The van der Waals surface area contributed by atoms with Gasteiger partial charge in [0, 0.05) is 12.8 Å². The summed E-state index contributed by atoms with van der Waals surface area (Å²) >= 11 is 0. The van der Waals surface area contributed by atoms with Crippen molar-refractivity contribution in [1.82, 2.24) is 0 Å². The van der Waals surface area contributed by atoms with Gasteiger partial charge < -0.3 is 0 Å². The zero-order valence-electron chi connectivity index (χ0n) is 5.53. The number of hydrogen-bond acceptors (Lipinski definition) is 0. The molecule has 9 heavy (non-hydrogen) atoms. The predicted molar refractivity (Wildman–Crippen MR) is 33.3 cm³/mol. The Morgan fingerprint density at radius 2 is 2.11 bits per heavy atom. The van der Waals surface area contributed by atoms with Gasteiger partial charge in [-0.05, 0) is 0 Å². The van der Waals surface area contributed by atoms with Crippen LogP contribution >= 0.6 is 0 Å². The summed E-state index contributed by atoms with van der Waals surface area (Å²) in [5.74, 6) is -2.58. The molecule has 0 unspecified atom stereocenters. The van der Waals surface area contributed by atoms with Crippen LogP contribution in [0.4, 0.5) is 8.78 Å². The minimum absolute atomic E-state index is 0.0687. The van der Waals surface area contributed by atoms with Crippen LogP contribution in [0, 0.1) is 6.58 Å². The summed E-state index contributed by atoms with van der Waals surface area (Å²) < 4.78 is 24.6. The third-order valence-corrected chi connectivity index (χ3v) is 1.03. The Morgan fingerprint density at radius 3 is 2.44 bits per heavy atom. The molecule has 0 aliphatic rings. The quantitative estimate of drug-likeness (QED) is 0.553. The Balaban J connectivity index is 3.55. The zero-order valence-corrected chi connectivity index (χ0v) is 5.53. The van der Waals surface area contributed by atoms with Crippen molar-refractivity contribution in [1.29, 1.82) is 0 Å². The van der Waals surface area contributed by atoms with Crippen molar-refractivity contribution in [3.05, 3.63) is 12.7 Å². The molecule has 1 radical (unpaired) electrons. The van der Waals surface area contributed by atoms with Gasteiger partial charge in [-0.3, -0.25) is 0 Å². The summed E-state index contributed by atoms with van der Waals surface area (Å²) in [6.45, 7) is 6.57. The molecular formula is C7H11F2. The zero-order chi connectivity index (χ0) is 7.33. The summed E-state index contributed by atoms with van der Waals surface area (Å²) in [4.78, 5) is 0. The first-order valence-corrected chi connectivity index (χ1v) is 3.03. The van der Waals surface area contributed by atoms with E-state index < -0.39 is 5.92 Å². The van der Waals surface area contributed by atoms with Crippen molar-refractivity contribution in [2.75, 3.05) is 0 Å². The molecule has 0 aromatic carbocycles. The van der Waals surface area contributed by atoms with Gasteiger partial charge in [0.15, 0.2) is 0 Å². The highest BCUT2D eigenvalue weighted by Gasteiger charge is 2.24. The number of alkyl halides is 2. The molecule has 0 atom stereocenters. The van der Waals surface area contributed by atoms with Crippen molar-refractivity contribution < 1.29 is 8.78 Å². The Bertz CT molecular complexity index is 86.9. The van der Waals surface area contributed by atoms with E-state index in [0.717, 1.165) is 6.08 Å². The Kier molecular flexibility index (Phi) is 3.43. The van der Waals surface area contributed by atoms with Crippen LogP contribution in [0.3, 0.4) is 0 Å². The highest BCUT2D eigenvalue weighted by atomic mass is 19.3. The first-order chi connectivity index (χ1) is 4.12. The van der Waals surface area contributed by atoms with Gasteiger partial charge in [0.05, 0.1) is 0 Å². The summed E-state index contributed by atoms with van der Waals surface area (Å²) in [6.07, 6.45) is 1.14. The van der Waals surface area contributed by atoms with Gasteiger partial charge in [-0.15, -0.1) is 0 Å². The summed E-state index contributed by atoms with van der Waals surface area (Å²) in [6, 6.07) is 0. The van der Waals surface area contributed by atoms with E-state index in [2.05, 4.69) is 0 Å². The van der Waals surface area contributed by atoms with Crippen molar-refractivity contribution in [3.63, 3.8) is 0 Å². The number of allylic oxidation sites excluding steroid dienone is 1. The van der Waals surface area contributed by atoms with Crippen LogP contribution in [0.1, 0.15) is 26.2 Å². The van der Waals surface area contributed by atoms with Crippen LogP contribution in [-0.2, 0) is 0 Å². The lowest BCUT2D eigenvalue weighted by molar-refractivity contribution is -0.00499. The molecular weight excluding hydrogens is 122 g/mol. The molecule has 53 valence electrons. The average molecular weight is 133 g/mol. The van der Waals surface area contributed by atoms with Gasteiger partial charge >= 0.3 is 0 Å². The maximum atomic E-state index is 12.3. The first kappa shape index (κ1) is 8.60. The maximum absolute atomic E-state index is 12.3. The maximum Gasteiger partial charge on any atom is 0.251 e. The summed E-state index contributed by atoms with van der Waals surface area (Å²) in [7, 11) is 0. The highest BCUT2D eigenvalue weighted by molar-refractivity contribution is 4.75. The topological polar surface area (TPSA) is 0 Å². The second kappa shape index (κ2) is 3.59. The predicted octanol–water partition coefficient (Wildman–Crippen LogP) is 2.80. The van der Waals surface area contributed by atoms with Crippen molar-refractivity contribution in [2.45, 2.75) is 32.1 Å². The molecule has 0 bridgehead atoms. The van der Waals surface area contributed by atoms with E-state index >= 15 is 0 Å². The molecule has 0 spiro atoms. The minimum Gasteiger partial charge on any atom is -0.207 e. The molecule has 0 saturated heterocycles. The van der Waals surface area contributed by atoms with Crippen LogP contribution in [0.25, 0.3) is 0 Å². The lowest BCUT2D eigenvalue weighted by Gasteiger charge is -2.11.